The SMILES string of the molecule is Cc1nc(-c2cccc(F)c2)c2cc(Cl)[nH]c2n1. The first-order chi connectivity index (χ1) is 8.63. The Morgan fingerprint density at radius 2 is 2.06 bits per heavy atom. The molecule has 0 amide bonds. The quantitative estimate of drug-likeness (QED) is 0.725. The van der Waals surface area contributed by atoms with Crippen LogP contribution in [0.15, 0.2) is 30.3 Å². The fourth-order valence-electron chi connectivity index (χ4n) is 1.94. The van der Waals surface area contributed by atoms with Gasteiger partial charge in [0.1, 0.15) is 22.4 Å². The van der Waals surface area contributed by atoms with Crippen molar-refractivity contribution in [2.75, 3.05) is 0 Å². The van der Waals surface area contributed by atoms with Gasteiger partial charge in [0.15, 0.2) is 0 Å². The van der Waals surface area contributed by atoms with Gasteiger partial charge in [0.25, 0.3) is 0 Å². The molecule has 0 saturated heterocycles. The molecule has 0 fully saturated rings. The minimum Gasteiger partial charge on any atom is -0.330 e. The Labute approximate surface area is 108 Å². The molecular formula is C13H9ClFN3. The van der Waals surface area contributed by atoms with Gasteiger partial charge in [-0.15, -0.1) is 0 Å². The highest BCUT2D eigenvalue weighted by atomic mass is 35.5. The zero-order valence-corrected chi connectivity index (χ0v) is 10.3. The van der Waals surface area contributed by atoms with E-state index in [0.717, 1.165) is 5.39 Å². The van der Waals surface area contributed by atoms with Gasteiger partial charge in [-0.05, 0) is 25.1 Å². The van der Waals surface area contributed by atoms with Gasteiger partial charge in [0, 0.05) is 10.9 Å². The highest BCUT2D eigenvalue weighted by molar-refractivity contribution is 6.30. The molecule has 0 unspecified atom stereocenters. The monoisotopic (exact) mass is 261 g/mol. The van der Waals surface area contributed by atoms with Gasteiger partial charge in [-0.3, -0.25) is 0 Å². The van der Waals surface area contributed by atoms with E-state index in [1.807, 2.05) is 6.07 Å². The molecular weight excluding hydrogens is 253 g/mol. The van der Waals surface area contributed by atoms with Crippen molar-refractivity contribution in [3.63, 3.8) is 0 Å². The lowest BCUT2D eigenvalue weighted by molar-refractivity contribution is 0.628. The van der Waals surface area contributed by atoms with Crippen molar-refractivity contribution in [1.29, 1.82) is 0 Å². The summed E-state index contributed by atoms with van der Waals surface area (Å²) < 4.78 is 13.3. The number of aryl methyl sites for hydroxylation is 1. The predicted octanol–water partition coefficient (Wildman–Crippen LogP) is 3.73. The van der Waals surface area contributed by atoms with E-state index >= 15 is 0 Å². The maximum absolute atomic E-state index is 13.3. The Kier molecular flexibility index (Phi) is 2.52. The van der Waals surface area contributed by atoms with Crippen LogP contribution in [-0.4, -0.2) is 15.0 Å². The van der Waals surface area contributed by atoms with Crippen molar-refractivity contribution >= 4 is 22.6 Å². The van der Waals surface area contributed by atoms with Gasteiger partial charge >= 0.3 is 0 Å². The molecule has 18 heavy (non-hydrogen) atoms. The van der Waals surface area contributed by atoms with Gasteiger partial charge in [0.2, 0.25) is 0 Å². The molecule has 3 nitrogen and oxygen atoms in total. The second-order valence-electron chi connectivity index (χ2n) is 4.01. The summed E-state index contributed by atoms with van der Waals surface area (Å²) in [6.07, 6.45) is 0. The molecule has 1 aromatic carbocycles. The largest absolute Gasteiger partial charge is 0.330 e. The Hall–Kier alpha value is -1.94. The first kappa shape index (κ1) is 11.2. The minimum absolute atomic E-state index is 0.293. The number of fused-ring (bicyclic) bond motifs is 1. The topological polar surface area (TPSA) is 41.6 Å². The van der Waals surface area contributed by atoms with Crippen LogP contribution in [0, 0.1) is 12.7 Å². The third kappa shape index (κ3) is 1.84. The van der Waals surface area contributed by atoms with Crippen LogP contribution in [0.1, 0.15) is 5.82 Å². The summed E-state index contributed by atoms with van der Waals surface area (Å²) in [6, 6.07) is 8.06. The Morgan fingerprint density at radius 3 is 2.83 bits per heavy atom. The first-order valence-electron chi connectivity index (χ1n) is 5.42. The summed E-state index contributed by atoms with van der Waals surface area (Å²) in [5, 5.41) is 1.28. The molecule has 2 aromatic heterocycles. The van der Waals surface area contributed by atoms with E-state index in [0.29, 0.717) is 27.9 Å². The lowest BCUT2D eigenvalue weighted by Gasteiger charge is -2.04. The molecule has 3 aromatic rings. The molecule has 0 spiro atoms. The van der Waals surface area contributed by atoms with Crippen LogP contribution in [0.5, 0.6) is 0 Å². The number of rotatable bonds is 1. The van der Waals surface area contributed by atoms with Gasteiger partial charge in [-0.25, -0.2) is 14.4 Å². The molecule has 0 aliphatic carbocycles. The number of nitrogens with one attached hydrogen (secondary N) is 1. The van der Waals surface area contributed by atoms with Crippen molar-refractivity contribution in [2.45, 2.75) is 6.92 Å². The number of H-pyrrole nitrogens is 1. The number of hydrogen-bond acceptors (Lipinski definition) is 2. The average Bonchev–Trinajstić information content (AvgIpc) is 2.68. The van der Waals surface area contributed by atoms with Crippen LogP contribution in [0.4, 0.5) is 4.39 Å². The Morgan fingerprint density at radius 1 is 1.22 bits per heavy atom. The number of hydrogen-bond donors (Lipinski definition) is 1. The van der Waals surface area contributed by atoms with Crippen molar-refractivity contribution in [1.82, 2.24) is 15.0 Å². The second kappa shape index (κ2) is 4.07. The number of halogens is 2. The molecule has 2 heterocycles. The normalized spacial score (nSPS) is 11.1. The zero-order chi connectivity index (χ0) is 12.7. The number of benzene rings is 1. The fraction of sp³-hybridized carbons (Fsp3) is 0.0769. The Balaban J connectivity index is 2.34. The second-order valence-corrected chi connectivity index (χ2v) is 4.42. The molecule has 90 valence electrons. The maximum atomic E-state index is 13.3. The number of aromatic nitrogens is 3. The van der Waals surface area contributed by atoms with Crippen molar-refractivity contribution in [3.05, 3.63) is 47.1 Å². The molecule has 3 rings (SSSR count). The molecule has 0 aliphatic heterocycles. The molecule has 0 bridgehead atoms. The van der Waals surface area contributed by atoms with Crippen LogP contribution in [0.3, 0.4) is 0 Å². The fourth-order valence-corrected chi connectivity index (χ4v) is 2.14. The van der Waals surface area contributed by atoms with Crippen LogP contribution in [0.2, 0.25) is 5.15 Å². The summed E-state index contributed by atoms with van der Waals surface area (Å²) in [5.74, 6) is 0.318. The van der Waals surface area contributed by atoms with E-state index < -0.39 is 0 Å². The first-order valence-corrected chi connectivity index (χ1v) is 5.80. The average molecular weight is 262 g/mol. The number of nitrogens with zero attached hydrogens (tertiary/aromatic N) is 2. The third-order valence-electron chi connectivity index (χ3n) is 2.66. The number of aromatic amines is 1. The molecule has 5 heteroatoms. The van der Waals surface area contributed by atoms with E-state index in [1.54, 1.807) is 19.1 Å². The van der Waals surface area contributed by atoms with E-state index in [9.17, 15) is 4.39 Å². The van der Waals surface area contributed by atoms with Gasteiger partial charge in [-0.1, -0.05) is 23.7 Å². The molecule has 1 N–H and O–H groups in total. The van der Waals surface area contributed by atoms with Gasteiger partial charge < -0.3 is 4.98 Å². The van der Waals surface area contributed by atoms with Crippen molar-refractivity contribution < 1.29 is 4.39 Å². The molecule has 0 aliphatic rings. The predicted molar refractivity (Wildman–Crippen MR) is 69.0 cm³/mol. The summed E-state index contributed by atoms with van der Waals surface area (Å²) in [7, 11) is 0. The maximum Gasteiger partial charge on any atom is 0.142 e. The van der Waals surface area contributed by atoms with E-state index in [1.165, 1.54) is 12.1 Å². The van der Waals surface area contributed by atoms with Gasteiger partial charge in [-0.2, -0.15) is 0 Å². The van der Waals surface area contributed by atoms with E-state index in [4.69, 9.17) is 11.6 Å². The highest BCUT2D eigenvalue weighted by Gasteiger charge is 2.11. The zero-order valence-electron chi connectivity index (χ0n) is 9.54. The van der Waals surface area contributed by atoms with Gasteiger partial charge in [0.05, 0.1) is 5.69 Å². The van der Waals surface area contributed by atoms with E-state index in [2.05, 4.69) is 15.0 Å². The van der Waals surface area contributed by atoms with Crippen molar-refractivity contribution in [3.8, 4) is 11.3 Å². The van der Waals surface area contributed by atoms with Crippen LogP contribution in [-0.2, 0) is 0 Å². The minimum atomic E-state index is -0.293. The Bertz CT molecular complexity index is 736. The van der Waals surface area contributed by atoms with Crippen LogP contribution < -0.4 is 0 Å². The summed E-state index contributed by atoms with van der Waals surface area (Å²) in [4.78, 5) is 11.6. The molecule has 0 atom stereocenters. The highest BCUT2D eigenvalue weighted by Crippen LogP contribution is 2.28. The summed E-state index contributed by atoms with van der Waals surface area (Å²) in [6.45, 7) is 1.79. The van der Waals surface area contributed by atoms with E-state index in [-0.39, 0.29) is 5.82 Å². The van der Waals surface area contributed by atoms with Crippen LogP contribution >= 0.6 is 11.6 Å². The lowest BCUT2D eigenvalue weighted by Crippen LogP contribution is -1.93. The van der Waals surface area contributed by atoms with Crippen molar-refractivity contribution in [2.24, 2.45) is 0 Å². The van der Waals surface area contributed by atoms with Crippen LogP contribution in [0.25, 0.3) is 22.3 Å². The summed E-state index contributed by atoms with van der Waals surface area (Å²) >= 11 is 5.93. The molecule has 0 saturated carbocycles. The third-order valence-corrected chi connectivity index (χ3v) is 2.87. The lowest BCUT2D eigenvalue weighted by atomic mass is 10.1. The molecule has 0 radical (unpaired) electrons. The smallest absolute Gasteiger partial charge is 0.142 e. The summed E-state index contributed by atoms with van der Waals surface area (Å²) in [5.41, 5.74) is 2.05. The standard InChI is InChI=1S/C13H9ClFN3/c1-7-16-12(8-3-2-4-9(15)5-8)10-6-11(14)18-13(10)17-7/h2-6H,1H3,(H,16,17,18).